The molecule has 0 radical (unpaired) electrons. The summed E-state index contributed by atoms with van der Waals surface area (Å²) in [6.45, 7) is 4.41. The van der Waals surface area contributed by atoms with Crippen LogP contribution in [0.3, 0.4) is 0 Å². The Kier molecular flexibility index (Phi) is 6.08. The van der Waals surface area contributed by atoms with Crippen molar-refractivity contribution in [2.45, 2.75) is 30.8 Å². The number of carbonyl (C=O) groups excluding carboxylic acids is 1. The summed E-state index contributed by atoms with van der Waals surface area (Å²) in [4.78, 5) is 16.5. The molecule has 3 rings (SSSR count). The molecule has 0 fully saturated rings. The van der Waals surface area contributed by atoms with Crippen LogP contribution >= 0.6 is 23.4 Å². The van der Waals surface area contributed by atoms with Crippen LogP contribution in [0, 0.1) is 5.82 Å². The summed E-state index contributed by atoms with van der Waals surface area (Å²) in [7, 11) is 0. The minimum absolute atomic E-state index is 0.150. The van der Waals surface area contributed by atoms with Crippen molar-refractivity contribution >= 4 is 35.0 Å². The summed E-state index contributed by atoms with van der Waals surface area (Å²) in [5.41, 5.74) is 1.27. The van der Waals surface area contributed by atoms with Gasteiger partial charge in [0.15, 0.2) is 11.0 Å². The molecule has 0 bridgehead atoms. The van der Waals surface area contributed by atoms with E-state index in [-0.39, 0.29) is 10.9 Å². The molecule has 1 N–H and O–H groups in total. The monoisotopic (exact) mass is 405 g/mol. The highest BCUT2D eigenvalue weighted by molar-refractivity contribution is 8.00. The van der Waals surface area contributed by atoms with Crippen molar-refractivity contribution in [3.8, 4) is 11.4 Å². The molecule has 0 saturated heterocycles. The third-order valence-electron chi connectivity index (χ3n) is 3.81. The standard InChI is InChI=1S/C18H17ClFN5OS/c1-3-25-16(12-6-8-21-9-7-12)23-24-18(25)27-11(2)17(26)22-15-5-4-13(20)10-14(15)19/h4-11H,3H2,1-2H3,(H,22,26)/t11-/m1/s1. The van der Waals surface area contributed by atoms with Crippen LogP contribution in [0.25, 0.3) is 11.4 Å². The number of rotatable bonds is 6. The predicted molar refractivity (Wildman–Crippen MR) is 104 cm³/mol. The number of aromatic nitrogens is 4. The normalized spacial score (nSPS) is 12.0. The molecule has 0 spiro atoms. The number of hydrogen-bond acceptors (Lipinski definition) is 5. The van der Waals surface area contributed by atoms with Gasteiger partial charge in [0, 0.05) is 24.5 Å². The summed E-state index contributed by atoms with van der Waals surface area (Å²) < 4.78 is 15.1. The van der Waals surface area contributed by atoms with Crippen molar-refractivity contribution in [3.63, 3.8) is 0 Å². The Morgan fingerprint density at radius 1 is 1.30 bits per heavy atom. The Morgan fingerprint density at radius 2 is 2.04 bits per heavy atom. The van der Waals surface area contributed by atoms with E-state index >= 15 is 0 Å². The van der Waals surface area contributed by atoms with Crippen molar-refractivity contribution in [2.75, 3.05) is 5.32 Å². The number of hydrogen-bond donors (Lipinski definition) is 1. The second-order valence-electron chi connectivity index (χ2n) is 5.66. The van der Waals surface area contributed by atoms with Crippen molar-refractivity contribution in [3.05, 3.63) is 53.6 Å². The van der Waals surface area contributed by atoms with E-state index in [1.807, 2.05) is 23.6 Å². The minimum Gasteiger partial charge on any atom is -0.324 e. The predicted octanol–water partition coefficient (Wildman–Crippen LogP) is 4.27. The molecule has 1 atom stereocenters. The number of nitrogens with zero attached hydrogens (tertiary/aromatic N) is 4. The van der Waals surface area contributed by atoms with Crippen LogP contribution in [0.1, 0.15) is 13.8 Å². The molecule has 0 aliphatic heterocycles. The number of anilines is 1. The number of benzene rings is 1. The first-order valence-corrected chi connectivity index (χ1v) is 9.51. The second kappa shape index (κ2) is 8.49. The highest BCUT2D eigenvalue weighted by atomic mass is 35.5. The van der Waals surface area contributed by atoms with Crippen LogP contribution in [-0.4, -0.2) is 30.9 Å². The zero-order valence-electron chi connectivity index (χ0n) is 14.7. The average Bonchev–Trinajstić information content (AvgIpc) is 3.07. The van der Waals surface area contributed by atoms with Gasteiger partial charge in [0.05, 0.1) is 16.0 Å². The number of halogens is 2. The quantitative estimate of drug-likeness (QED) is 0.620. The molecule has 2 aromatic heterocycles. The largest absolute Gasteiger partial charge is 0.324 e. The van der Waals surface area contributed by atoms with Gasteiger partial charge in [-0.3, -0.25) is 9.78 Å². The molecule has 140 valence electrons. The fourth-order valence-electron chi connectivity index (χ4n) is 2.41. The first-order chi connectivity index (χ1) is 13.0. The van der Waals surface area contributed by atoms with Gasteiger partial charge >= 0.3 is 0 Å². The van der Waals surface area contributed by atoms with Gasteiger partial charge in [0.1, 0.15) is 5.82 Å². The maximum Gasteiger partial charge on any atom is 0.237 e. The molecule has 0 aliphatic carbocycles. The zero-order chi connectivity index (χ0) is 19.4. The molecule has 0 aliphatic rings. The number of thioether (sulfide) groups is 1. The highest BCUT2D eigenvalue weighted by Gasteiger charge is 2.21. The fraction of sp³-hybridized carbons (Fsp3) is 0.222. The summed E-state index contributed by atoms with van der Waals surface area (Å²) in [5.74, 6) is 0.00122. The van der Waals surface area contributed by atoms with E-state index in [4.69, 9.17) is 11.6 Å². The third kappa shape index (κ3) is 4.45. The van der Waals surface area contributed by atoms with Gasteiger partial charge in [-0.2, -0.15) is 0 Å². The summed E-state index contributed by atoms with van der Waals surface area (Å²) in [6, 6.07) is 7.55. The maximum atomic E-state index is 13.1. The number of carbonyl (C=O) groups is 1. The number of nitrogens with one attached hydrogen (secondary N) is 1. The summed E-state index contributed by atoms with van der Waals surface area (Å²) >= 11 is 7.26. The molecule has 3 aromatic rings. The van der Waals surface area contributed by atoms with E-state index in [0.29, 0.717) is 17.4 Å². The number of amides is 1. The lowest BCUT2D eigenvalue weighted by Crippen LogP contribution is -2.23. The van der Waals surface area contributed by atoms with Crippen molar-refractivity contribution in [2.24, 2.45) is 0 Å². The lowest BCUT2D eigenvalue weighted by molar-refractivity contribution is -0.115. The van der Waals surface area contributed by atoms with Gasteiger partial charge in [-0.15, -0.1) is 10.2 Å². The van der Waals surface area contributed by atoms with Gasteiger partial charge in [-0.05, 0) is 44.2 Å². The van der Waals surface area contributed by atoms with Crippen molar-refractivity contribution in [1.29, 1.82) is 0 Å². The van der Waals surface area contributed by atoms with Crippen LogP contribution in [0.4, 0.5) is 10.1 Å². The molecule has 2 heterocycles. The van der Waals surface area contributed by atoms with Crippen LogP contribution in [-0.2, 0) is 11.3 Å². The third-order valence-corrected chi connectivity index (χ3v) is 5.21. The molecular weight excluding hydrogens is 389 g/mol. The van der Waals surface area contributed by atoms with Gasteiger partial charge in [-0.25, -0.2) is 4.39 Å². The Hall–Kier alpha value is -2.45. The van der Waals surface area contributed by atoms with Crippen LogP contribution < -0.4 is 5.32 Å². The second-order valence-corrected chi connectivity index (χ2v) is 7.37. The smallest absolute Gasteiger partial charge is 0.237 e. The van der Waals surface area contributed by atoms with E-state index in [1.54, 1.807) is 19.3 Å². The minimum atomic E-state index is -0.458. The molecule has 0 saturated carbocycles. The lowest BCUT2D eigenvalue weighted by atomic mass is 10.2. The van der Waals surface area contributed by atoms with Crippen LogP contribution in [0.2, 0.25) is 5.02 Å². The van der Waals surface area contributed by atoms with Crippen LogP contribution in [0.15, 0.2) is 47.9 Å². The molecule has 1 amide bonds. The molecule has 0 unspecified atom stereocenters. The Bertz CT molecular complexity index is 950. The zero-order valence-corrected chi connectivity index (χ0v) is 16.3. The molecule has 27 heavy (non-hydrogen) atoms. The summed E-state index contributed by atoms with van der Waals surface area (Å²) in [6.07, 6.45) is 3.39. The first kappa shape index (κ1) is 19.3. The Balaban J connectivity index is 1.75. The molecular formula is C18H17ClFN5OS. The van der Waals surface area contributed by atoms with Crippen molar-refractivity contribution in [1.82, 2.24) is 19.7 Å². The molecule has 9 heteroatoms. The SMILES string of the molecule is CCn1c(S[C@H](C)C(=O)Nc2ccc(F)cc2Cl)nnc1-c1ccncc1. The van der Waals surface area contributed by atoms with E-state index < -0.39 is 11.1 Å². The molecule has 6 nitrogen and oxygen atoms in total. The Morgan fingerprint density at radius 3 is 2.70 bits per heavy atom. The maximum absolute atomic E-state index is 13.1. The van der Waals surface area contributed by atoms with Gasteiger partial charge in [0.25, 0.3) is 0 Å². The number of pyridine rings is 1. The van der Waals surface area contributed by atoms with E-state index in [1.165, 1.54) is 23.9 Å². The van der Waals surface area contributed by atoms with Gasteiger partial charge < -0.3 is 9.88 Å². The van der Waals surface area contributed by atoms with Gasteiger partial charge in [-0.1, -0.05) is 23.4 Å². The Labute approximate surface area is 165 Å². The summed E-state index contributed by atoms with van der Waals surface area (Å²) in [5, 5.41) is 11.5. The van der Waals surface area contributed by atoms with E-state index in [9.17, 15) is 9.18 Å². The van der Waals surface area contributed by atoms with E-state index in [2.05, 4.69) is 20.5 Å². The van der Waals surface area contributed by atoms with Crippen LogP contribution in [0.5, 0.6) is 0 Å². The molecule has 1 aromatic carbocycles. The average molecular weight is 406 g/mol. The van der Waals surface area contributed by atoms with Crippen molar-refractivity contribution < 1.29 is 9.18 Å². The highest BCUT2D eigenvalue weighted by Crippen LogP contribution is 2.28. The first-order valence-electron chi connectivity index (χ1n) is 8.25. The van der Waals surface area contributed by atoms with E-state index in [0.717, 1.165) is 17.5 Å². The van der Waals surface area contributed by atoms with Gasteiger partial charge in [0.2, 0.25) is 5.91 Å². The topological polar surface area (TPSA) is 72.7 Å². The fourth-order valence-corrected chi connectivity index (χ4v) is 3.54. The lowest BCUT2D eigenvalue weighted by Gasteiger charge is -2.13.